The van der Waals surface area contributed by atoms with Gasteiger partial charge in [-0.25, -0.2) is 0 Å². The summed E-state index contributed by atoms with van der Waals surface area (Å²) in [5, 5.41) is 4.13. The lowest BCUT2D eigenvalue weighted by Gasteiger charge is -2.17. The van der Waals surface area contributed by atoms with Gasteiger partial charge in [0.05, 0.1) is 12.1 Å². The molecule has 3 aromatic rings. The Bertz CT molecular complexity index is 920. The van der Waals surface area contributed by atoms with Crippen LogP contribution in [0.5, 0.6) is 11.5 Å². The van der Waals surface area contributed by atoms with Crippen molar-refractivity contribution in [3.05, 3.63) is 54.1 Å². The zero-order valence-corrected chi connectivity index (χ0v) is 15.9. The Labute approximate surface area is 163 Å². The fourth-order valence-corrected chi connectivity index (χ4v) is 3.45. The number of pyridine rings is 1. The van der Waals surface area contributed by atoms with E-state index in [1.54, 1.807) is 12.4 Å². The van der Waals surface area contributed by atoms with Crippen LogP contribution in [0.3, 0.4) is 0 Å². The minimum Gasteiger partial charge on any atom is -0.490 e. The molecule has 1 aromatic carbocycles. The maximum Gasteiger partial charge on any atom is 0.258 e. The molecular weight excluding hydrogens is 356 g/mol. The van der Waals surface area contributed by atoms with E-state index < -0.39 is 5.54 Å². The van der Waals surface area contributed by atoms with E-state index in [2.05, 4.69) is 15.1 Å². The summed E-state index contributed by atoms with van der Waals surface area (Å²) in [6.07, 6.45) is 7.48. The predicted molar refractivity (Wildman–Crippen MR) is 104 cm³/mol. The Balaban J connectivity index is 1.55. The van der Waals surface area contributed by atoms with Crippen molar-refractivity contribution < 1.29 is 14.0 Å². The van der Waals surface area contributed by atoms with Crippen LogP contribution in [0.25, 0.3) is 11.5 Å². The molecule has 4 rings (SSSR count). The molecule has 1 aliphatic rings. The number of nitrogens with zero attached hydrogens (tertiary/aromatic N) is 3. The van der Waals surface area contributed by atoms with Crippen molar-refractivity contribution in [1.82, 2.24) is 15.1 Å². The molecule has 28 heavy (non-hydrogen) atoms. The normalized spacial score (nSPS) is 15.5. The van der Waals surface area contributed by atoms with Gasteiger partial charge in [0, 0.05) is 23.5 Å². The molecule has 7 nitrogen and oxygen atoms in total. The molecule has 0 spiro atoms. The van der Waals surface area contributed by atoms with Gasteiger partial charge in [-0.1, -0.05) is 24.1 Å². The highest BCUT2D eigenvalue weighted by Crippen LogP contribution is 2.37. The monoisotopic (exact) mass is 380 g/mol. The van der Waals surface area contributed by atoms with E-state index in [4.69, 9.17) is 19.7 Å². The van der Waals surface area contributed by atoms with Crippen LogP contribution in [-0.4, -0.2) is 21.7 Å². The Morgan fingerprint density at radius 2 is 2.00 bits per heavy atom. The molecule has 2 N–H and O–H groups in total. The maximum absolute atomic E-state index is 6.43. The molecule has 2 aromatic heterocycles. The molecule has 0 saturated heterocycles. The molecule has 1 saturated carbocycles. The average Bonchev–Trinajstić information content (AvgIpc) is 3.38. The fourth-order valence-electron chi connectivity index (χ4n) is 3.45. The van der Waals surface area contributed by atoms with Crippen LogP contribution in [0.15, 0.2) is 47.2 Å². The van der Waals surface area contributed by atoms with Gasteiger partial charge in [0.15, 0.2) is 17.3 Å². The summed E-state index contributed by atoms with van der Waals surface area (Å²) in [6.45, 7) is 2.86. The highest BCUT2D eigenvalue weighted by molar-refractivity contribution is 5.59. The van der Waals surface area contributed by atoms with E-state index >= 15 is 0 Å². The third kappa shape index (κ3) is 3.84. The molecule has 0 bridgehead atoms. The van der Waals surface area contributed by atoms with Crippen LogP contribution in [0.4, 0.5) is 0 Å². The van der Waals surface area contributed by atoms with Crippen LogP contribution >= 0.6 is 0 Å². The van der Waals surface area contributed by atoms with Gasteiger partial charge in [-0.3, -0.25) is 4.98 Å². The summed E-state index contributed by atoms with van der Waals surface area (Å²) in [4.78, 5) is 8.65. The molecule has 0 atom stereocenters. The summed E-state index contributed by atoms with van der Waals surface area (Å²) in [5.41, 5.74) is 7.72. The zero-order valence-electron chi connectivity index (χ0n) is 15.9. The Morgan fingerprint density at radius 3 is 2.75 bits per heavy atom. The van der Waals surface area contributed by atoms with E-state index in [1.807, 2.05) is 37.3 Å². The van der Waals surface area contributed by atoms with Crippen LogP contribution in [0.2, 0.25) is 0 Å². The second kappa shape index (κ2) is 7.98. The first-order valence-electron chi connectivity index (χ1n) is 9.60. The predicted octanol–water partition coefficient (Wildman–Crippen LogP) is 3.84. The molecule has 1 fully saturated rings. The second-order valence-corrected chi connectivity index (χ2v) is 7.03. The molecular formula is C21H24N4O3. The van der Waals surface area contributed by atoms with Crippen LogP contribution in [0, 0.1) is 0 Å². The van der Waals surface area contributed by atoms with Crippen molar-refractivity contribution in [2.75, 3.05) is 6.61 Å². The topological polar surface area (TPSA) is 96.3 Å². The van der Waals surface area contributed by atoms with Gasteiger partial charge >= 0.3 is 0 Å². The fraction of sp³-hybridized carbons (Fsp3) is 0.381. The van der Waals surface area contributed by atoms with Crippen LogP contribution < -0.4 is 15.2 Å². The molecule has 2 heterocycles. The number of rotatable bonds is 7. The SMILES string of the molecule is CCOc1cc(-c2nc(C3(N)CCCC3)no2)ccc1OCc1cccnc1. The van der Waals surface area contributed by atoms with Gasteiger partial charge in [-0.05, 0) is 44.0 Å². The number of ether oxygens (including phenoxy) is 2. The van der Waals surface area contributed by atoms with Crippen molar-refractivity contribution in [2.24, 2.45) is 5.73 Å². The van der Waals surface area contributed by atoms with Crippen molar-refractivity contribution >= 4 is 0 Å². The van der Waals surface area contributed by atoms with Crippen molar-refractivity contribution in [2.45, 2.75) is 44.8 Å². The lowest BCUT2D eigenvalue weighted by atomic mass is 9.99. The minimum atomic E-state index is -0.475. The lowest BCUT2D eigenvalue weighted by molar-refractivity contribution is 0.269. The van der Waals surface area contributed by atoms with Crippen LogP contribution in [-0.2, 0) is 12.1 Å². The number of hydrogen-bond acceptors (Lipinski definition) is 7. The lowest BCUT2D eigenvalue weighted by Crippen LogP contribution is -2.34. The van der Waals surface area contributed by atoms with E-state index in [0.717, 1.165) is 36.8 Å². The van der Waals surface area contributed by atoms with Gasteiger partial charge in [-0.15, -0.1) is 0 Å². The quantitative estimate of drug-likeness (QED) is 0.665. The molecule has 1 aliphatic carbocycles. The second-order valence-electron chi connectivity index (χ2n) is 7.03. The van der Waals surface area contributed by atoms with Gasteiger partial charge in [0.25, 0.3) is 5.89 Å². The highest BCUT2D eigenvalue weighted by atomic mass is 16.5. The molecule has 0 aliphatic heterocycles. The van der Waals surface area contributed by atoms with Gasteiger partial charge in [-0.2, -0.15) is 4.98 Å². The zero-order chi connectivity index (χ0) is 19.4. The Hall–Kier alpha value is -2.93. The first-order chi connectivity index (χ1) is 13.7. The van der Waals surface area contributed by atoms with Crippen molar-refractivity contribution in [1.29, 1.82) is 0 Å². The summed E-state index contributed by atoms with van der Waals surface area (Å²) in [7, 11) is 0. The number of nitrogens with two attached hydrogens (primary N) is 1. The minimum absolute atomic E-state index is 0.410. The maximum atomic E-state index is 6.43. The number of hydrogen-bond donors (Lipinski definition) is 1. The largest absolute Gasteiger partial charge is 0.490 e. The van der Waals surface area contributed by atoms with E-state index in [0.29, 0.717) is 36.4 Å². The summed E-state index contributed by atoms with van der Waals surface area (Å²) < 4.78 is 17.2. The van der Waals surface area contributed by atoms with E-state index in [-0.39, 0.29) is 0 Å². The summed E-state index contributed by atoms with van der Waals surface area (Å²) in [5.74, 6) is 2.30. The first-order valence-corrected chi connectivity index (χ1v) is 9.60. The average molecular weight is 380 g/mol. The first kappa shape index (κ1) is 18.4. The van der Waals surface area contributed by atoms with Crippen molar-refractivity contribution in [3.63, 3.8) is 0 Å². The summed E-state index contributed by atoms with van der Waals surface area (Å²) >= 11 is 0. The standard InChI is InChI=1S/C21H24N4O3/c1-2-26-18-12-16(7-8-17(18)27-14-15-6-5-11-23-13-15)19-24-20(25-28-19)21(22)9-3-4-10-21/h5-8,11-13H,2-4,9-10,14,22H2,1H3. The third-order valence-electron chi connectivity index (χ3n) is 4.97. The van der Waals surface area contributed by atoms with Gasteiger partial charge < -0.3 is 19.7 Å². The molecule has 146 valence electrons. The Kier molecular flexibility index (Phi) is 5.25. The third-order valence-corrected chi connectivity index (χ3v) is 4.97. The molecule has 7 heteroatoms. The number of benzene rings is 1. The van der Waals surface area contributed by atoms with Gasteiger partial charge in [0.2, 0.25) is 0 Å². The van der Waals surface area contributed by atoms with E-state index in [1.165, 1.54) is 0 Å². The van der Waals surface area contributed by atoms with Crippen molar-refractivity contribution in [3.8, 4) is 23.0 Å². The van der Waals surface area contributed by atoms with E-state index in [9.17, 15) is 0 Å². The van der Waals surface area contributed by atoms with Crippen LogP contribution in [0.1, 0.15) is 44.0 Å². The Morgan fingerprint density at radius 1 is 1.14 bits per heavy atom. The molecule has 0 radical (unpaired) electrons. The molecule has 0 amide bonds. The van der Waals surface area contributed by atoms with Gasteiger partial charge in [0.1, 0.15) is 6.61 Å². The molecule has 0 unspecified atom stereocenters. The smallest absolute Gasteiger partial charge is 0.258 e. The summed E-state index contributed by atoms with van der Waals surface area (Å²) in [6, 6.07) is 9.45. The number of aromatic nitrogens is 3. The highest BCUT2D eigenvalue weighted by Gasteiger charge is 2.36.